The second-order valence-electron chi connectivity index (χ2n) is 6.59. The fourth-order valence-electron chi connectivity index (χ4n) is 2.80. The van der Waals surface area contributed by atoms with E-state index >= 15 is 0 Å². The molecule has 0 saturated heterocycles. The topological polar surface area (TPSA) is 128 Å². The van der Waals surface area contributed by atoms with Gasteiger partial charge < -0.3 is 15.4 Å². The van der Waals surface area contributed by atoms with E-state index in [4.69, 9.17) is 16.3 Å². The Kier molecular flexibility index (Phi) is 7.48. The predicted octanol–water partition coefficient (Wildman–Crippen LogP) is 3.09. The van der Waals surface area contributed by atoms with Crippen LogP contribution in [0.2, 0.25) is 5.02 Å². The third kappa shape index (κ3) is 6.02. The van der Waals surface area contributed by atoms with Gasteiger partial charge in [-0.2, -0.15) is 0 Å². The van der Waals surface area contributed by atoms with Gasteiger partial charge in [-0.05, 0) is 44.0 Å². The van der Waals surface area contributed by atoms with Gasteiger partial charge in [0.2, 0.25) is 0 Å². The summed E-state index contributed by atoms with van der Waals surface area (Å²) >= 11 is 5.69. The van der Waals surface area contributed by atoms with Crippen LogP contribution in [0.15, 0.2) is 30.3 Å². The molecule has 2 aromatic rings. The van der Waals surface area contributed by atoms with Gasteiger partial charge in [0.1, 0.15) is 11.6 Å². The van der Waals surface area contributed by atoms with Crippen LogP contribution in [0.3, 0.4) is 0 Å². The van der Waals surface area contributed by atoms with Gasteiger partial charge in [0, 0.05) is 17.3 Å². The van der Waals surface area contributed by atoms with Crippen molar-refractivity contribution < 1.29 is 24.0 Å². The Balaban J connectivity index is 1.85. The number of nitrogens with one attached hydrogen (secondary N) is 2. The van der Waals surface area contributed by atoms with Crippen molar-refractivity contribution in [2.45, 2.75) is 20.8 Å². The highest BCUT2D eigenvalue weighted by Crippen LogP contribution is 2.25. The molecular formula is C20H20ClN3O6. The van der Waals surface area contributed by atoms with Gasteiger partial charge in [-0.1, -0.05) is 29.3 Å². The SMILES string of the molecule is Cc1cc(C)c(NC(=O)COC(=O)CNC(=O)c2ccc(Cl)c([N+](=O)[O-])c2)c(C)c1. The molecule has 0 aliphatic heterocycles. The predicted molar refractivity (Wildman–Crippen MR) is 111 cm³/mol. The monoisotopic (exact) mass is 433 g/mol. The van der Waals surface area contributed by atoms with E-state index < -0.39 is 41.5 Å². The van der Waals surface area contributed by atoms with E-state index in [0.29, 0.717) is 5.69 Å². The molecule has 2 aromatic carbocycles. The average Bonchev–Trinajstić information content (AvgIpc) is 2.67. The first-order chi connectivity index (χ1) is 14.1. The van der Waals surface area contributed by atoms with Crippen LogP contribution < -0.4 is 10.6 Å². The minimum absolute atomic E-state index is 0.0398. The number of benzene rings is 2. The lowest BCUT2D eigenvalue weighted by atomic mass is 10.1. The van der Waals surface area contributed by atoms with E-state index in [2.05, 4.69) is 10.6 Å². The molecule has 0 unspecified atom stereocenters. The van der Waals surface area contributed by atoms with Gasteiger partial charge in [-0.3, -0.25) is 24.5 Å². The van der Waals surface area contributed by atoms with E-state index in [-0.39, 0.29) is 10.6 Å². The van der Waals surface area contributed by atoms with Gasteiger partial charge in [0.15, 0.2) is 6.61 Å². The number of hydrogen-bond acceptors (Lipinski definition) is 6. The van der Waals surface area contributed by atoms with Gasteiger partial charge in [-0.25, -0.2) is 0 Å². The summed E-state index contributed by atoms with van der Waals surface area (Å²) in [7, 11) is 0. The highest BCUT2D eigenvalue weighted by molar-refractivity contribution is 6.32. The molecule has 0 heterocycles. The quantitative estimate of drug-likeness (QED) is 0.392. The normalized spacial score (nSPS) is 10.3. The van der Waals surface area contributed by atoms with Crippen LogP contribution in [-0.4, -0.2) is 35.9 Å². The van der Waals surface area contributed by atoms with Crippen LogP contribution in [0, 0.1) is 30.9 Å². The minimum Gasteiger partial charge on any atom is -0.454 e. The van der Waals surface area contributed by atoms with Crippen LogP contribution in [0.5, 0.6) is 0 Å². The molecule has 2 rings (SSSR count). The van der Waals surface area contributed by atoms with Gasteiger partial charge in [-0.15, -0.1) is 0 Å². The molecule has 0 spiro atoms. The Morgan fingerprint density at radius 1 is 1.10 bits per heavy atom. The summed E-state index contributed by atoms with van der Waals surface area (Å²) in [6, 6.07) is 7.35. The largest absolute Gasteiger partial charge is 0.454 e. The van der Waals surface area contributed by atoms with Crippen LogP contribution in [0.4, 0.5) is 11.4 Å². The molecule has 0 fully saturated rings. The molecule has 9 nitrogen and oxygen atoms in total. The van der Waals surface area contributed by atoms with Crippen LogP contribution in [0.25, 0.3) is 0 Å². The Hall–Kier alpha value is -3.46. The fraction of sp³-hybridized carbons (Fsp3) is 0.250. The lowest BCUT2D eigenvalue weighted by molar-refractivity contribution is -0.384. The molecule has 0 saturated carbocycles. The lowest BCUT2D eigenvalue weighted by Crippen LogP contribution is -2.32. The number of ether oxygens (including phenoxy) is 1. The van der Waals surface area contributed by atoms with Crippen LogP contribution >= 0.6 is 11.6 Å². The smallest absolute Gasteiger partial charge is 0.325 e. The molecule has 0 aliphatic carbocycles. The van der Waals surface area contributed by atoms with Gasteiger partial charge >= 0.3 is 5.97 Å². The van der Waals surface area contributed by atoms with Crippen molar-refractivity contribution in [2.75, 3.05) is 18.5 Å². The molecular weight excluding hydrogens is 414 g/mol. The first-order valence-electron chi connectivity index (χ1n) is 8.84. The first-order valence-corrected chi connectivity index (χ1v) is 9.21. The Labute approximate surface area is 177 Å². The van der Waals surface area contributed by atoms with E-state index in [1.807, 2.05) is 32.9 Å². The van der Waals surface area contributed by atoms with Crippen molar-refractivity contribution in [3.8, 4) is 0 Å². The molecule has 30 heavy (non-hydrogen) atoms. The number of carbonyl (C=O) groups is 3. The number of hydrogen-bond donors (Lipinski definition) is 2. The zero-order valence-electron chi connectivity index (χ0n) is 16.6. The molecule has 2 N–H and O–H groups in total. The third-order valence-electron chi connectivity index (χ3n) is 4.10. The molecule has 0 atom stereocenters. The summed E-state index contributed by atoms with van der Waals surface area (Å²) in [6.07, 6.45) is 0. The summed E-state index contributed by atoms with van der Waals surface area (Å²) in [5.74, 6) is -2.07. The van der Waals surface area contributed by atoms with E-state index in [1.54, 1.807) is 0 Å². The van der Waals surface area contributed by atoms with E-state index in [9.17, 15) is 24.5 Å². The van der Waals surface area contributed by atoms with Crippen molar-refractivity contribution in [1.29, 1.82) is 0 Å². The van der Waals surface area contributed by atoms with Crippen molar-refractivity contribution in [1.82, 2.24) is 5.32 Å². The zero-order valence-corrected chi connectivity index (χ0v) is 17.3. The fourth-order valence-corrected chi connectivity index (χ4v) is 2.98. The molecule has 158 valence electrons. The molecule has 0 bridgehead atoms. The summed E-state index contributed by atoms with van der Waals surface area (Å²) in [5.41, 5.74) is 3.02. The van der Waals surface area contributed by atoms with Gasteiger partial charge in [0.05, 0.1) is 4.92 Å². The third-order valence-corrected chi connectivity index (χ3v) is 4.42. The second kappa shape index (κ2) is 9.84. The Morgan fingerprint density at radius 2 is 1.73 bits per heavy atom. The summed E-state index contributed by atoms with van der Waals surface area (Å²) in [6.45, 7) is 4.64. The number of rotatable bonds is 7. The summed E-state index contributed by atoms with van der Waals surface area (Å²) in [4.78, 5) is 46.1. The molecule has 10 heteroatoms. The minimum atomic E-state index is -0.834. The highest BCUT2D eigenvalue weighted by atomic mass is 35.5. The van der Waals surface area contributed by atoms with Crippen molar-refractivity contribution in [2.24, 2.45) is 0 Å². The number of halogens is 1. The van der Waals surface area contributed by atoms with Gasteiger partial charge in [0.25, 0.3) is 17.5 Å². The van der Waals surface area contributed by atoms with Crippen molar-refractivity contribution in [3.63, 3.8) is 0 Å². The van der Waals surface area contributed by atoms with Crippen LogP contribution in [-0.2, 0) is 14.3 Å². The first kappa shape index (κ1) is 22.8. The number of anilines is 1. The van der Waals surface area contributed by atoms with Crippen molar-refractivity contribution >= 4 is 40.8 Å². The van der Waals surface area contributed by atoms with E-state index in [1.165, 1.54) is 12.1 Å². The Bertz CT molecular complexity index is 999. The number of nitrogens with zero attached hydrogens (tertiary/aromatic N) is 1. The number of carbonyl (C=O) groups excluding carboxylic acids is 3. The number of aryl methyl sites for hydroxylation is 3. The number of amides is 2. The molecule has 0 radical (unpaired) electrons. The maximum atomic E-state index is 12.1. The lowest BCUT2D eigenvalue weighted by Gasteiger charge is -2.13. The average molecular weight is 434 g/mol. The number of nitro groups is 1. The molecule has 2 amide bonds. The van der Waals surface area contributed by atoms with Crippen LogP contribution in [0.1, 0.15) is 27.0 Å². The maximum Gasteiger partial charge on any atom is 0.325 e. The maximum absolute atomic E-state index is 12.1. The summed E-state index contributed by atoms with van der Waals surface area (Å²) in [5, 5.41) is 15.7. The Morgan fingerprint density at radius 3 is 2.33 bits per heavy atom. The standard InChI is InChI=1S/C20H20ClN3O6/c1-11-6-12(2)19(13(3)7-11)23-17(25)10-30-18(26)9-22-20(27)14-4-5-15(21)16(8-14)24(28)29/h4-8H,9-10H2,1-3H3,(H,22,27)(H,23,25). The van der Waals surface area contributed by atoms with Crippen molar-refractivity contribution in [3.05, 3.63) is 67.7 Å². The number of esters is 1. The summed E-state index contributed by atoms with van der Waals surface area (Å²) < 4.78 is 4.85. The molecule has 0 aromatic heterocycles. The molecule has 0 aliphatic rings. The second-order valence-corrected chi connectivity index (χ2v) is 7.00. The zero-order chi connectivity index (χ0) is 22.4. The number of nitro benzene ring substituents is 1. The highest BCUT2D eigenvalue weighted by Gasteiger charge is 2.17. The van der Waals surface area contributed by atoms with E-state index in [0.717, 1.165) is 22.8 Å².